The van der Waals surface area contributed by atoms with Crippen LogP contribution in [0, 0.1) is 13.8 Å². The van der Waals surface area contributed by atoms with Gasteiger partial charge in [0.2, 0.25) is 6.10 Å². The molecule has 1 amide bonds. The highest BCUT2D eigenvalue weighted by molar-refractivity contribution is 5.99. The Morgan fingerprint density at radius 3 is 2.11 bits per heavy atom. The van der Waals surface area contributed by atoms with Crippen molar-refractivity contribution in [2.24, 2.45) is 0 Å². The standard InChI is InChI=1S/C21H26N2O5/c1-12(2)27-20(25)16-13(3)17(22-14(16)4)21(26)28-18(19(24)23(5)6)15-10-8-7-9-11-15/h7-12,18,22H,1-6H3. The lowest BCUT2D eigenvalue weighted by Gasteiger charge is -2.21. The lowest BCUT2D eigenvalue weighted by atomic mass is 10.1. The molecular weight excluding hydrogens is 360 g/mol. The molecule has 0 aliphatic carbocycles. The van der Waals surface area contributed by atoms with E-state index in [-0.39, 0.29) is 17.7 Å². The van der Waals surface area contributed by atoms with Crippen molar-refractivity contribution >= 4 is 17.8 Å². The van der Waals surface area contributed by atoms with Gasteiger partial charge in [0.15, 0.2) is 0 Å². The Labute approximate surface area is 164 Å². The largest absolute Gasteiger partial charge is 0.459 e. The van der Waals surface area contributed by atoms with Crippen LogP contribution < -0.4 is 0 Å². The number of amides is 1. The van der Waals surface area contributed by atoms with Crippen LogP contribution in [0.3, 0.4) is 0 Å². The Bertz CT molecular complexity index is 868. The summed E-state index contributed by atoms with van der Waals surface area (Å²) in [5.74, 6) is -1.59. The van der Waals surface area contributed by atoms with E-state index in [1.54, 1.807) is 66.1 Å². The van der Waals surface area contributed by atoms with Crippen molar-refractivity contribution in [2.45, 2.75) is 39.9 Å². The zero-order chi connectivity index (χ0) is 21.0. The molecule has 0 fully saturated rings. The van der Waals surface area contributed by atoms with Gasteiger partial charge >= 0.3 is 11.9 Å². The zero-order valence-corrected chi connectivity index (χ0v) is 17.0. The van der Waals surface area contributed by atoms with Crippen LogP contribution in [-0.2, 0) is 14.3 Å². The lowest BCUT2D eigenvalue weighted by molar-refractivity contribution is -0.138. The minimum absolute atomic E-state index is 0.126. The number of rotatable bonds is 6. The molecule has 1 aromatic carbocycles. The molecule has 28 heavy (non-hydrogen) atoms. The van der Waals surface area contributed by atoms with Crippen molar-refractivity contribution in [1.82, 2.24) is 9.88 Å². The van der Waals surface area contributed by atoms with E-state index in [9.17, 15) is 14.4 Å². The molecule has 1 N–H and O–H groups in total. The van der Waals surface area contributed by atoms with E-state index in [1.165, 1.54) is 4.90 Å². The second-order valence-electron chi connectivity index (χ2n) is 7.01. The van der Waals surface area contributed by atoms with Gasteiger partial charge in [0.05, 0.1) is 11.7 Å². The second kappa shape index (κ2) is 8.73. The lowest BCUT2D eigenvalue weighted by Crippen LogP contribution is -2.31. The summed E-state index contributed by atoms with van der Waals surface area (Å²) in [6.45, 7) is 6.83. The average Bonchev–Trinajstić information content (AvgIpc) is 2.93. The van der Waals surface area contributed by atoms with Crippen molar-refractivity contribution in [2.75, 3.05) is 14.1 Å². The van der Waals surface area contributed by atoms with Gasteiger partial charge in [-0.25, -0.2) is 9.59 Å². The molecule has 0 bridgehead atoms. The highest BCUT2D eigenvalue weighted by atomic mass is 16.6. The number of aromatic amines is 1. The first kappa shape index (κ1) is 21.2. The molecule has 0 aliphatic rings. The summed E-state index contributed by atoms with van der Waals surface area (Å²) in [5.41, 5.74) is 1.93. The van der Waals surface area contributed by atoms with E-state index in [4.69, 9.17) is 9.47 Å². The Hall–Kier alpha value is -3.09. The number of ether oxygens (including phenoxy) is 2. The third-order valence-electron chi connectivity index (χ3n) is 4.18. The van der Waals surface area contributed by atoms with Gasteiger partial charge in [-0.3, -0.25) is 4.79 Å². The van der Waals surface area contributed by atoms with E-state index < -0.39 is 18.0 Å². The Kier molecular flexibility index (Phi) is 6.62. The van der Waals surface area contributed by atoms with Crippen LogP contribution in [0.5, 0.6) is 0 Å². The summed E-state index contributed by atoms with van der Waals surface area (Å²) >= 11 is 0. The number of nitrogens with one attached hydrogen (secondary N) is 1. The van der Waals surface area contributed by atoms with Crippen LogP contribution in [0.15, 0.2) is 30.3 Å². The van der Waals surface area contributed by atoms with Crippen molar-refractivity contribution in [3.8, 4) is 0 Å². The normalized spacial score (nSPS) is 11.8. The second-order valence-corrected chi connectivity index (χ2v) is 7.01. The van der Waals surface area contributed by atoms with Crippen molar-refractivity contribution in [3.63, 3.8) is 0 Å². The third-order valence-corrected chi connectivity index (χ3v) is 4.18. The third kappa shape index (κ3) is 4.60. The molecule has 1 unspecified atom stereocenters. The number of carbonyl (C=O) groups excluding carboxylic acids is 3. The molecule has 1 aromatic heterocycles. The number of carbonyl (C=O) groups is 3. The number of aryl methyl sites for hydroxylation is 1. The Morgan fingerprint density at radius 1 is 0.964 bits per heavy atom. The monoisotopic (exact) mass is 386 g/mol. The van der Waals surface area contributed by atoms with Gasteiger partial charge in [-0.1, -0.05) is 30.3 Å². The number of esters is 2. The maximum absolute atomic E-state index is 12.8. The molecule has 7 nitrogen and oxygen atoms in total. The maximum atomic E-state index is 12.8. The van der Waals surface area contributed by atoms with Gasteiger partial charge in [-0.2, -0.15) is 0 Å². The molecule has 2 rings (SSSR count). The van der Waals surface area contributed by atoms with Crippen molar-refractivity contribution in [3.05, 3.63) is 58.4 Å². The van der Waals surface area contributed by atoms with Crippen LogP contribution in [0.2, 0.25) is 0 Å². The predicted octanol–water partition coefficient (Wildman–Crippen LogP) is 3.18. The predicted molar refractivity (Wildman–Crippen MR) is 104 cm³/mol. The molecule has 1 atom stereocenters. The van der Waals surface area contributed by atoms with Crippen LogP contribution in [0.1, 0.15) is 57.6 Å². The SMILES string of the molecule is Cc1[nH]c(C(=O)OC(C(=O)N(C)C)c2ccccc2)c(C)c1C(=O)OC(C)C. The fourth-order valence-electron chi connectivity index (χ4n) is 2.82. The molecule has 1 heterocycles. The van der Waals surface area contributed by atoms with Crippen molar-refractivity contribution in [1.29, 1.82) is 0 Å². The summed E-state index contributed by atoms with van der Waals surface area (Å²) in [5, 5.41) is 0. The van der Waals surface area contributed by atoms with Gasteiger partial charge in [-0.15, -0.1) is 0 Å². The molecule has 0 aliphatic heterocycles. The quantitative estimate of drug-likeness (QED) is 0.770. The van der Waals surface area contributed by atoms with E-state index >= 15 is 0 Å². The molecule has 0 saturated carbocycles. The van der Waals surface area contributed by atoms with Gasteiger partial charge in [-0.05, 0) is 33.3 Å². The summed E-state index contributed by atoms with van der Waals surface area (Å²) < 4.78 is 10.8. The molecule has 150 valence electrons. The maximum Gasteiger partial charge on any atom is 0.356 e. The first-order valence-electron chi connectivity index (χ1n) is 9.00. The number of benzene rings is 1. The first-order valence-corrected chi connectivity index (χ1v) is 9.00. The van der Waals surface area contributed by atoms with E-state index in [1.807, 2.05) is 6.07 Å². The molecule has 0 spiro atoms. The fraction of sp³-hybridized carbons (Fsp3) is 0.381. The number of hydrogen-bond donors (Lipinski definition) is 1. The highest BCUT2D eigenvalue weighted by Crippen LogP contribution is 2.25. The van der Waals surface area contributed by atoms with Crippen molar-refractivity contribution < 1.29 is 23.9 Å². The average molecular weight is 386 g/mol. The smallest absolute Gasteiger partial charge is 0.356 e. The first-order chi connectivity index (χ1) is 13.1. The number of hydrogen-bond acceptors (Lipinski definition) is 5. The number of aromatic nitrogens is 1. The summed E-state index contributed by atoms with van der Waals surface area (Å²) in [6, 6.07) is 8.79. The summed E-state index contributed by atoms with van der Waals surface area (Å²) in [7, 11) is 3.19. The molecule has 7 heteroatoms. The Morgan fingerprint density at radius 2 is 1.57 bits per heavy atom. The Balaban J connectivity index is 2.34. The van der Waals surface area contributed by atoms with Crippen LogP contribution in [0.4, 0.5) is 0 Å². The number of nitrogens with zero attached hydrogens (tertiary/aromatic N) is 1. The van der Waals surface area contributed by atoms with Gasteiger partial charge in [0.1, 0.15) is 5.69 Å². The topological polar surface area (TPSA) is 88.7 Å². The molecular formula is C21H26N2O5. The zero-order valence-electron chi connectivity index (χ0n) is 17.0. The summed E-state index contributed by atoms with van der Waals surface area (Å²) in [4.78, 5) is 41.9. The highest BCUT2D eigenvalue weighted by Gasteiger charge is 2.30. The van der Waals surface area contributed by atoms with Gasteiger partial charge < -0.3 is 19.4 Å². The van der Waals surface area contributed by atoms with Crippen LogP contribution in [-0.4, -0.2) is 47.9 Å². The van der Waals surface area contributed by atoms with E-state index in [0.29, 0.717) is 22.4 Å². The summed E-state index contributed by atoms with van der Waals surface area (Å²) in [6.07, 6.45) is -1.37. The number of H-pyrrole nitrogens is 1. The molecule has 2 aromatic rings. The van der Waals surface area contributed by atoms with E-state index in [0.717, 1.165) is 0 Å². The van der Waals surface area contributed by atoms with E-state index in [2.05, 4.69) is 4.98 Å². The minimum atomic E-state index is -1.09. The van der Waals surface area contributed by atoms with Crippen LogP contribution in [0.25, 0.3) is 0 Å². The molecule has 0 saturated heterocycles. The minimum Gasteiger partial charge on any atom is -0.459 e. The fourth-order valence-corrected chi connectivity index (χ4v) is 2.82. The van der Waals surface area contributed by atoms with Gasteiger partial charge in [0.25, 0.3) is 5.91 Å². The van der Waals surface area contributed by atoms with Crippen LogP contribution >= 0.6 is 0 Å². The molecule has 0 radical (unpaired) electrons. The number of likely N-dealkylation sites (N-methyl/N-ethyl adjacent to an activating group) is 1. The van der Waals surface area contributed by atoms with Gasteiger partial charge in [0, 0.05) is 25.4 Å².